The largest absolute Gasteiger partial charge is 0.497 e. The fourth-order valence-electron chi connectivity index (χ4n) is 5.97. The number of methoxy groups -OCH3 is 1. The maximum absolute atomic E-state index is 11.7. The third kappa shape index (κ3) is 6.02. The summed E-state index contributed by atoms with van der Waals surface area (Å²) in [7, 11) is 1.60. The number of carboxylic acid groups (broad SMARTS) is 1. The zero-order valence-corrected chi connectivity index (χ0v) is 20.9. The van der Waals surface area contributed by atoms with Crippen molar-refractivity contribution in [1.29, 1.82) is 0 Å². The summed E-state index contributed by atoms with van der Waals surface area (Å²) in [5, 5.41) is 22.0. The summed E-state index contributed by atoms with van der Waals surface area (Å²) in [5.41, 5.74) is 1.10. The summed E-state index contributed by atoms with van der Waals surface area (Å²) in [6, 6.07) is 5.54. The zero-order chi connectivity index (χ0) is 24.1. The van der Waals surface area contributed by atoms with Crippen LogP contribution in [0.15, 0.2) is 24.4 Å². The Morgan fingerprint density at radius 2 is 2.03 bits per heavy atom. The molecule has 1 atom stereocenters. The normalized spacial score (nSPS) is 20.0. The van der Waals surface area contributed by atoms with Gasteiger partial charge in [-0.05, 0) is 81.3 Å². The Morgan fingerprint density at radius 1 is 1.29 bits per heavy atom. The number of halogens is 1. The molecule has 0 spiro atoms. The lowest BCUT2D eigenvalue weighted by molar-refractivity contribution is -0.141. The van der Waals surface area contributed by atoms with Crippen LogP contribution in [-0.2, 0) is 4.79 Å². The molecule has 1 saturated heterocycles. The maximum atomic E-state index is 11.7. The van der Waals surface area contributed by atoms with Crippen LogP contribution in [0.5, 0.6) is 5.75 Å². The number of hydrogen-bond acceptors (Lipinski definition) is 5. The number of aromatic nitrogens is 1. The highest BCUT2D eigenvalue weighted by molar-refractivity contribution is 6.32. The Balaban J connectivity index is 1.42. The Morgan fingerprint density at radius 3 is 2.71 bits per heavy atom. The fraction of sp³-hybridized carbons (Fsp3) is 0.630. The molecule has 2 aliphatic rings. The molecule has 34 heavy (non-hydrogen) atoms. The lowest BCUT2D eigenvalue weighted by Crippen LogP contribution is -2.42. The molecule has 1 aromatic carbocycles. The summed E-state index contributed by atoms with van der Waals surface area (Å²) < 4.78 is 5.35. The van der Waals surface area contributed by atoms with Crippen LogP contribution in [0.4, 0.5) is 0 Å². The molecule has 0 amide bonds. The molecule has 1 saturated carbocycles. The molecule has 6 nitrogen and oxygen atoms in total. The molecule has 2 fully saturated rings. The van der Waals surface area contributed by atoms with E-state index in [0.29, 0.717) is 29.2 Å². The Kier molecular flexibility index (Phi) is 8.33. The highest BCUT2D eigenvalue weighted by atomic mass is 35.5. The van der Waals surface area contributed by atoms with E-state index in [0.717, 1.165) is 49.3 Å². The quantitative estimate of drug-likeness (QED) is 0.436. The van der Waals surface area contributed by atoms with Crippen molar-refractivity contribution >= 4 is 28.5 Å². The van der Waals surface area contributed by atoms with E-state index in [1.807, 2.05) is 18.2 Å². The molecule has 0 bridgehead atoms. The molecule has 4 rings (SSSR count). The first-order valence-corrected chi connectivity index (χ1v) is 13.0. The number of nitrogens with zero attached hydrogens (tertiary/aromatic N) is 2. The van der Waals surface area contributed by atoms with Gasteiger partial charge in [0, 0.05) is 17.1 Å². The minimum atomic E-state index is -0.795. The van der Waals surface area contributed by atoms with E-state index < -0.39 is 12.1 Å². The number of piperidine rings is 1. The van der Waals surface area contributed by atoms with Crippen LogP contribution in [0, 0.1) is 11.3 Å². The molecule has 0 radical (unpaired) electrons. The summed E-state index contributed by atoms with van der Waals surface area (Å²) in [6.07, 6.45) is 10.5. The topological polar surface area (TPSA) is 82.9 Å². The standard InChI is InChI=1S/C27H37ClN2O4/c1-34-20-6-7-23-21(16-20)26(22(28)18-29-23)24(31)8-10-27(17-25(32)33)11-14-30(15-12-27)13-9-19-4-2-3-5-19/h6-7,16,18-19,24,31H,2-5,8-15,17H2,1H3,(H,32,33). The smallest absolute Gasteiger partial charge is 0.303 e. The van der Waals surface area contributed by atoms with Crippen molar-refractivity contribution in [2.24, 2.45) is 11.3 Å². The van der Waals surface area contributed by atoms with Crippen LogP contribution in [0.25, 0.3) is 10.9 Å². The first-order chi connectivity index (χ1) is 16.4. The summed E-state index contributed by atoms with van der Waals surface area (Å²) in [6.45, 7) is 3.00. The molecule has 2 aromatic rings. The van der Waals surface area contributed by atoms with Crippen molar-refractivity contribution in [2.75, 3.05) is 26.7 Å². The molecule has 1 unspecified atom stereocenters. The number of aliphatic hydroxyl groups excluding tert-OH is 1. The Bertz CT molecular complexity index is 984. The Labute approximate surface area is 207 Å². The number of likely N-dealkylation sites (tertiary alicyclic amines) is 1. The summed E-state index contributed by atoms with van der Waals surface area (Å²) in [4.78, 5) is 18.6. The molecule has 186 valence electrons. The monoisotopic (exact) mass is 488 g/mol. The number of carboxylic acids is 1. The average molecular weight is 489 g/mol. The van der Waals surface area contributed by atoms with E-state index >= 15 is 0 Å². The van der Waals surface area contributed by atoms with Crippen molar-refractivity contribution in [1.82, 2.24) is 9.88 Å². The number of hydrogen-bond donors (Lipinski definition) is 2. The van der Waals surface area contributed by atoms with Gasteiger partial charge < -0.3 is 19.8 Å². The first-order valence-electron chi connectivity index (χ1n) is 12.6. The van der Waals surface area contributed by atoms with Crippen LogP contribution in [0.3, 0.4) is 0 Å². The Hall–Kier alpha value is -1.89. The number of aliphatic hydroxyl groups is 1. The van der Waals surface area contributed by atoms with Crippen molar-refractivity contribution in [3.8, 4) is 5.75 Å². The first kappa shape index (κ1) is 25.2. The number of rotatable bonds is 10. The molecule has 7 heteroatoms. The van der Waals surface area contributed by atoms with Gasteiger partial charge in [-0.15, -0.1) is 0 Å². The molecule has 1 aliphatic carbocycles. The van der Waals surface area contributed by atoms with E-state index in [1.165, 1.54) is 32.1 Å². The van der Waals surface area contributed by atoms with Crippen LogP contribution in [0.1, 0.15) is 75.9 Å². The number of aliphatic carboxylic acids is 1. The van der Waals surface area contributed by atoms with Crippen molar-refractivity contribution in [2.45, 2.75) is 70.3 Å². The van der Waals surface area contributed by atoms with E-state index in [-0.39, 0.29) is 11.8 Å². The second-order valence-corrected chi connectivity index (χ2v) is 10.7. The van der Waals surface area contributed by atoms with E-state index in [4.69, 9.17) is 16.3 Å². The van der Waals surface area contributed by atoms with Crippen molar-refractivity contribution in [3.05, 3.63) is 35.0 Å². The van der Waals surface area contributed by atoms with Crippen LogP contribution in [0.2, 0.25) is 5.02 Å². The van der Waals surface area contributed by atoms with Gasteiger partial charge >= 0.3 is 5.97 Å². The van der Waals surface area contributed by atoms with Gasteiger partial charge in [0.2, 0.25) is 0 Å². The van der Waals surface area contributed by atoms with Gasteiger partial charge in [0.05, 0.1) is 30.2 Å². The fourth-order valence-corrected chi connectivity index (χ4v) is 6.25. The number of ether oxygens (including phenoxy) is 1. The second kappa shape index (κ2) is 11.2. The lowest BCUT2D eigenvalue weighted by Gasteiger charge is -2.42. The molecule has 2 N–H and O–H groups in total. The zero-order valence-electron chi connectivity index (χ0n) is 20.1. The number of benzene rings is 1. The van der Waals surface area contributed by atoms with Crippen LogP contribution >= 0.6 is 11.6 Å². The molecular weight excluding hydrogens is 452 g/mol. The lowest BCUT2D eigenvalue weighted by atomic mass is 9.71. The summed E-state index contributed by atoms with van der Waals surface area (Å²) >= 11 is 6.48. The SMILES string of the molecule is COc1ccc2ncc(Cl)c(C(O)CCC3(CC(=O)O)CCN(CCC4CCCC4)CC3)c2c1. The van der Waals surface area contributed by atoms with E-state index in [1.54, 1.807) is 13.3 Å². The molecule has 1 aliphatic heterocycles. The van der Waals surface area contributed by atoms with Crippen molar-refractivity contribution in [3.63, 3.8) is 0 Å². The third-order valence-electron chi connectivity index (χ3n) is 8.12. The number of fused-ring (bicyclic) bond motifs is 1. The summed E-state index contributed by atoms with van der Waals surface area (Å²) in [5.74, 6) is 0.794. The van der Waals surface area contributed by atoms with Gasteiger partial charge in [0.25, 0.3) is 0 Å². The highest BCUT2D eigenvalue weighted by Gasteiger charge is 2.37. The van der Waals surface area contributed by atoms with E-state index in [2.05, 4.69) is 9.88 Å². The molecule has 2 heterocycles. The average Bonchev–Trinajstić information content (AvgIpc) is 3.35. The van der Waals surface area contributed by atoms with Gasteiger partial charge in [-0.2, -0.15) is 0 Å². The van der Waals surface area contributed by atoms with Gasteiger partial charge in [-0.3, -0.25) is 9.78 Å². The van der Waals surface area contributed by atoms with Crippen LogP contribution in [-0.4, -0.2) is 52.8 Å². The van der Waals surface area contributed by atoms with Gasteiger partial charge in [0.15, 0.2) is 0 Å². The molecule has 1 aromatic heterocycles. The van der Waals surface area contributed by atoms with E-state index in [9.17, 15) is 15.0 Å². The predicted octanol–water partition coefficient (Wildman–Crippen LogP) is 5.85. The number of carbonyl (C=O) groups is 1. The minimum absolute atomic E-state index is 0.148. The van der Waals surface area contributed by atoms with Gasteiger partial charge in [-0.25, -0.2) is 0 Å². The van der Waals surface area contributed by atoms with Crippen molar-refractivity contribution < 1.29 is 19.7 Å². The van der Waals surface area contributed by atoms with Crippen LogP contribution < -0.4 is 4.74 Å². The maximum Gasteiger partial charge on any atom is 0.303 e. The van der Waals surface area contributed by atoms with Gasteiger partial charge in [0.1, 0.15) is 5.75 Å². The van der Waals surface area contributed by atoms with Gasteiger partial charge in [-0.1, -0.05) is 37.3 Å². The highest BCUT2D eigenvalue weighted by Crippen LogP contribution is 2.43. The molecular formula is C27H37ClN2O4. The minimum Gasteiger partial charge on any atom is -0.497 e. The number of pyridine rings is 1. The second-order valence-electron chi connectivity index (χ2n) is 10.3. The third-order valence-corrected chi connectivity index (χ3v) is 8.42. The predicted molar refractivity (Wildman–Crippen MR) is 134 cm³/mol.